The van der Waals surface area contributed by atoms with Gasteiger partial charge in [-0.2, -0.15) is 0 Å². The van der Waals surface area contributed by atoms with Crippen molar-refractivity contribution in [2.45, 2.75) is 19.9 Å². The second-order valence-electron chi connectivity index (χ2n) is 3.53. The van der Waals surface area contributed by atoms with Crippen molar-refractivity contribution in [1.29, 1.82) is 0 Å². The number of carbonyl (C=O) groups excluding carboxylic acids is 1. The Hall–Kier alpha value is -0.980. The molecule has 0 spiro atoms. The summed E-state index contributed by atoms with van der Waals surface area (Å²) in [5.74, 6) is -0.0212. The highest BCUT2D eigenvalue weighted by Crippen LogP contribution is 2.09. The molecule has 0 saturated carbocycles. The molecule has 17 heavy (non-hydrogen) atoms. The minimum absolute atomic E-state index is 0.0212. The average Bonchev–Trinajstić information content (AvgIpc) is 2.80. The molecule has 0 aliphatic rings. The maximum Gasteiger partial charge on any atom is 0.234 e. The van der Waals surface area contributed by atoms with Crippen LogP contribution < -0.4 is 10.6 Å². The predicted octanol–water partition coefficient (Wildman–Crippen LogP) is 0.558. The highest BCUT2D eigenvalue weighted by Gasteiger charge is 2.03. The highest BCUT2D eigenvalue weighted by atomic mass is 32.1. The molecule has 6 heteroatoms. The van der Waals surface area contributed by atoms with Gasteiger partial charge < -0.3 is 15.4 Å². The van der Waals surface area contributed by atoms with Crippen molar-refractivity contribution < 1.29 is 9.53 Å². The van der Waals surface area contributed by atoms with Gasteiger partial charge in [0, 0.05) is 19.0 Å². The number of amides is 1. The molecule has 0 fully saturated rings. The molecule has 1 amide bonds. The smallest absolute Gasteiger partial charge is 0.234 e. The van der Waals surface area contributed by atoms with Gasteiger partial charge in [-0.1, -0.05) is 6.92 Å². The summed E-state index contributed by atoms with van der Waals surface area (Å²) in [7, 11) is 1.63. The molecular weight excluding hydrogens is 238 g/mol. The zero-order chi connectivity index (χ0) is 12.5. The summed E-state index contributed by atoms with van der Waals surface area (Å²) in [6, 6.07) is 0. The van der Waals surface area contributed by atoms with E-state index in [0.29, 0.717) is 26.2 Å². The average molecular weight is 257 g/mol. The molecule has 0 aliphatic carbocycles. The number of methoxy groups -OCH3 is 1. The first kappa shape index (κ1) is 14.1. The molecule has 1 rings (SSSR count). The molecular formula is C11H19N3O2S. The summed E-state index contributed by atoms with van der Waals surface area (Å²) >= 11 is 1.63. The number of nitrogens with one attached hydrogen (secondary N) is 2. The van der Waals surface area contributed by atoms with Gasteiger partial charge in [-0.3, -0.25) is 4.79 Å². The van der Waals surface area contributed by atoms with Gasteiger partial charge in [-0.05, 0) is 6.42 Å². The van der Waals surface area contributed by atoms with Crippen LogP contribution in [-0.2, 0) is 22.5 Å². The van der Waals surface area contributed by atoms with Gasteiger partial charge in [0.25, 0.3) is 0 Å². The first-order chi connectivity index (χ1) is 8.26. The fraction of sp³-hybridized carbons (Fsp3) is 0.636. The van der Waals surface area contributed by atoms with E-state index in [9.17, 15) is 4.79 Å². The van der Waals surface area contributed by atoms with E-state index in [0.717, 1.165) is 17.1 Å². The monoisotopic (exact) mass is 257 g/mol. The standard InChI is InChI=1S/C11H19N3O2S/c1-3-11-14-9(8-17-11)6-13-10(15)7-12-4-5-16-2/h8,12H,3-7H2,1-2H3,(H,13,15). The molecule has 96 valence electrons. The van der Waals surface area contributed by atoms with E-state index in [-0.39, 0.29) is 5.91 Å². The number of ether oxygens (including phenoxy) is 1. The van der Waals surface area contributed by atoms with Gasteiger partial charge >= 0.3 is 0 Å². The summed E-state index contributed by atoms with van der Waals surface area (Å²) in [6.07, 6.45) is 0.942. The fourth-order valence-electron chi connectivity index (χ4n) is 1.22. The van der Waals surface area contributed by atoms with E-state index in [4.69, 9.17) is 4.74 Å². The minimum Gasteiger partial charge on any atom is -0.383 e. The molecule has 0 saturated heterocycles. The normalized spacial score (nSPS) is 10.5. The number of hydrogen-bond donors (Lipinski definition) is 2. The lowest BCUT2D eigenvalue weighted by atomic mass is 10.4. The third-order valence-corrected chi connectivity index (χ3v) is 3.18. The van der Waals surface area contributed by atoms with Gasteiger partial charge in [0.1, 0.15) is 0 Å². The molecule has 0 radical (unpaired) electrons. The SMILES string of the molecule is CCc1nc(CNC(=O)CNCCOC)cs1. The van der Waals surface area contributed by atoms with Crippen LogP contribution in [0.25, 0.3) is 0 Å². The van der Waals surface area contributed by atoms with Crippen LogP contribution in [0.1, 0.15) is 17.6 Å². The lowest BCUT2D eigenvalue weighted by Crippen LogP contribution is -2.34. The second-order valence-corrected chi connectivity index (χ2v) is 4.48. The fourth-order valence-corrected chi connectivity index (χ4v) is 1.97. The first-order valence-corrected chi connectivity index (χ1v) is 6.53. The van der Waals surface area contributed by atoms with Crippen LogP contribution in [0.4, 0.5) is 0 Å². The Morgan fingerprint density at radius 1 is 1.59 bits per heavy atom. The van der Waals surface area contributed by atoms with Crippen molar-refractivity contribution in [3.8, 4) is 0 Å². The van der Waals surface area contributed by atoms with Crippen LogP contribution in [-0.4, -0.2) is 37.7 Å². The summed E-state index contributed by atoms with van der Waals surface area (Å²) < 4.78 is 4.87. The lowest BCUT2D eigenvalue weighted by Gasteiger charge is -2.04. The molecule has 5 nitrogen and oxygen atoms in total. The van der Waals surface area contributed by atoms with E-state index in [1.165, 1.54) is 0 Å². The third kappa shape index (κ3) is 5.76. The molecule has 0 aliphatic heterocycles. The Labute approximate surface area is 106 Å². The quantitative estimate of drug-likeness (QED) is 0.668. The number of hydrogen-bond acceptors (Lipinski definition) is 5. The van der Waals surface area contributed by atoms with Gasteiger partial charge in [0.2, 0.25) is 5.91 Å². The van der Waals surface area contributed by atoms with Crippen molar-refractivity contribution in [3.05, 3.63) is 16.1 Å². The largest absolute Gasteiger partial charge is 0.383 e. The van der Waals surface area contributed by atoms with Crippen molar-refractivity contribution in [2.75, 3.05) is 26.8 Å². The summed E-state index contributed by atoms with van der Waals surface area (Å²) in [5, 5.41) is 8.89. The van der Waals surface area contributed by atoms with Gasteiger partial charge in [0.15, 0.2) is 0 Å². The first-order valence-electron chi connectivity index (χ1n) is 5.66. The Balaban J connectivity index is 2.14. The molecule has 0 bridgehead atoms. The summed E-state index contributed by atoms with van der Waals surface area (Å²) in [6.45, 7) is 4.18. The zero-order valence-corrected chi connectivity index (χ0v) is 11.1. The van der Waals surface area contributed by atoms with E-state index in [2.05, 4.69) is 22.5 Å². The number of aryl methyl sites for hydroxylation is 1. The van der Waals surface area contributed by atoms with E-state index in [1.807, 2.05) is 5.38 Å². The Kier molecular flexibility index (Phi) is 6.76. The molecule has 0 atom stereocenters. The van der Waals surface area contributed by atoms with E-state index in [1.54, 1.807) is 18.4 Å². The van der Waals surface area contributed by atoms with Crippen molar-refractivity contribution in [3.63, 3.8) is 0 Å². The Morgan fingerprint density at radius 2 is 2.41 bits per heavy atom. The molecule has 2 N–H and O–H groups in total. The van der Waals surface area contributed by atoms with Crippen LogP contribution in [0.3, 0.4) is 0 Å². The maximum absolute atomic E-state index is 11.4. The maximum atomic E-state index is 11.4. The van der Waals surface area contributed by atoms with Crippen LogP contribution >= 0.6 is 11.3 Å². The second kappa shape index (κ2) is 8.16. The van der Waals surface area contributed by atoms with Gasteiger partial charge in [0.05, 0.1) is 30.4 Å². The Morgan fingerprint density at radius 3 is 3.06 bits per heavy atom. The molecule has 1 aromatic rings. The van der Waals surface area contributed by atoms with Crippen LogP contribution in [0.2, 0.25) is 0 Å². The Bertz CT molecular complexity index is 341. The van der Waals surface area contributed by atoms with Crippen molar-refractivity contribution in [2.24, 2.45) is 0 Å². The molecule has 1 heterocycles. The number of carbonyl (C=O) groups is 1. The van der Waals surface area contributed by atoms with E-state index < -0.39 is 0 Å². The zero-order valence-electron chi connectivity index (χ0n) is 10.3. The summed E-state index contributed by atoms with van der Waals surface area (Å²) in [5.41, 5.74) is 0.928. The molecule has 1 aromatic heterocycles. The van der Waals surface area contributed by atoms with Crippen LogP contribution in [0, 0.1) is 0 Å². The topological polar surface area (TPSA) is 63.2 Å². The third-order valence-electron chi connectivity index (χ3n) is 2.14. The predicted molar refractivity (Wildman–Crippen MR) is 68.1 cm³/mol. The van der Waals surface area contributed by atoms with Crippen molar-refractivity contribution in [1.82, 2.24) is 15.6 Å². The number of aromatic nitrogens is 1. The lowest BCUT2D eigenvalue weighted by molar-refractivity contribution is -0.120. The van der Waals surface area contributed by atoms with Crippen LogP contribution in [0.5, 0.6) is 0 Å². The number of rotatable bonds is 8. The number of thiazole rings is 1. The van der Waals surface area contributed by atoms with Gasteiger partial charge in [-0.25, -0.2) is 4.98 Å². The molecule has 0 aromatic carbocycles. The summed E-state index contributed by atoms with van der Waals surface area (Å²) in [4.78, 5) is 15.8. The minimum atomic E-state index is -0.0212. The molecule has 0 unspecified atom stereocenters. The van der Waals surface area contributed by atoms with Crippen molar-refractivity contribution >= 4 is 17.2 Å². The highest BCUT2D eigenvalue weighted by molar-refractivity contribution is 7.09. The van der Waals surface area contributed by atoms with E-state index >= 15 is 0 Å². The number of nitrogens with zero attached hydrogens (tertiary/aromatic N) is 1. The van der Waals surface area contributed by atoms with Crippen LogP contribution in [0.15, 0.2) is 5.38 Å². The van der Waals surface area contributed by atoms with Gasteiger partial charge in [-0.15, -0.1) is 11.3 Å².